The smallest absolute Gasteiger partial charge is 0.261 e. The largest absolute Gasteiger partial charge is 0.493 e. The molecule has 2 aromatic rings. The quantitative estimate of drug-likeness (QED) is 0.320. The number of amides is 2. The van der Waals surface area contributed by atoms with E-state index in [2.05, 4.69) is 38.8 Å². The van der Waals surface area contributed by atoms with Gasteiger partial charge in [-0.05, 0) is 73.9 Å². The van der Waals surface area contributed by atoms with Gasteiger partial charge in [-0.2, -0.15) is 0 Å². The molecule has 1 fully saturated rings. The summed E-state index contributed by atoms with van der Waals surface area (Å²) in [5, 5.41) is 8.68. The zero-order valence-electron chi connectivity index (χ0n) is 18.5. The predicted molar refractivity (Wildman–Crippen MR) is 136 cm³/mol. The van der Waals surface area contributed by atoms with E-state index in [-0.39, 0.29) is 23.0 Å². The van der Waals surface area contributed by atoms with Gasteiger partial charge in [-0.25, -0.2) is 0 Å². The summed E-state index contributed by atoms with van der Waals surface area (Å²) in [6.45, 7) is 3.88. The van der Waals surface area contributed by atoms with Gasteiger partial charge >= 0.3 is 0 Å². The maximum Gasteiger partial charge on any atom is 0.261 e. The van der Waals surface area contributed by atoms with Crippen molar-refractivity contribution in [3.8, 4) is 5.75 Å². The first-order valence-electron chi connectivity index (χ1n) is 11.0. The Morgan fingerprint density at radius 2 is 1.97 bits per heavy atom. The van der Waals surface area contributed by atoms with E-state index in [9.17, 15) is 9.59 Å². The first-order valence-corrected chi connectivity index (χ1v) is 12.2. The Labute approximate surface area is 207 Å². The van der Waals surface area contributed by atoms with Crippen LogP contribution in [0.15, 0.2) is 46.9 Å². The average molecular weight is 534 g/mol. The Morgan fingerprint density at radius 1 is 1.18 bits per heavy atom. The highest BCUT2D eigenvalue weighted by molar-refractivity contribution is 9.10. The summed E-state index contributed by atoms with van der Waals surface area (Å²) in [5.41, 5.74) is 1.59. The minimum atomic E-state index is -0.370. The third kappa shape index (κ3) is 7.80. The summed E-state index contributed by atoms with van der Waals surface area (Å²) >= 11 is 8.68. The van der Waals surface area contributed by atoms with Crippen LogP contribution >= 0.6 is 28.1 Å². The molecule has 176 valence electrons. The molecule has 0 aliphatic carbocycles. The number of hydrogen-bond acceptors (Lipinski definition) is 5. The molecule has 9 heteroatoms. The lowest BCUT2D eigenvalue weighted by Gasteiger charge is -2.14. The van der Waals surface area contributed by atoms with E-state index >= 15 is 0 Å². The fourth-order valence-corrected chi connectivity index (χ4v) is 3.86. The number of anilines is 1. The monoisotopic (exact) mass is 533 g/mol. The van der Waals surface area contributed by atoms with Gasteiger partial charge in [0, 0.05) is 28.9 Å². The lowest BCUT2D eigenvalue weighted by Crippen LogP contribution is -2.34. The number of benzene rings is 2. The van der Waals surface area contributed by atoms with Crippen molar-refractivity contribution in [1.82, 2.24) is 10.6 Å². The van der Waals surface area contributed by atoms with Crippen molar-refractivity contribution in [3.63, 3.8) is 0 Å². The summed E-state index contributed by atoms with van der Waals surface area (Å²) in [7, 11) is 0. The molecule has 1 saturated heterocycles. The summed E-state index contributed by atoms with van der Waals surface area (Å²) in [4.78, 5) is 25.1. The predicted octanol–water partition coefficient (Wildman–Crippen LogP) is 4.66. The van der Waals surface area contributed by atoms with E-state index in [4.69, 9.17) is 21.7 Å². The van der Waals surface area contributed by atoms with Crippen LogP contribution in [-0.2, 0) is 4.74 Å². The molecule has 2 amide bonds. The second kappa shape index (κ2) is 12.7. The van der Waals surface area contributed by atoms with Crippen molar-refractivity contribution < 1.29 is 19.1 Å². The Kier molecular flexibility index (Phi) is 9.65. The number of halogens is 1. The fraction of sp³-hybridized carbons (Fsp3) is 0.375. The molecular formula is C24H28BrN3O4S. The van der Waals surface area contributed by atoms with Gasteiger partial charge in [0.25, 0.3) is 11.8 Å². The van der Waals surface area contributed by atoms with Crippen LogP contribution in [0.4, 0.5) is 5.69 Å². The minimum absolute atomic E-state index is 0.0960. The standard InChI is InChI=1S/C24H28BrN3O4S/c1-2-3-12-32-21-11-8-17(25)14-20(21)23(30)28-24(33)27-18-9-6-16(7-10-18)22(29)26-15-19-5-4-13-31-19/h6-11,14,19H,2-5,12-13,15H2,1H3,(H,26,29)(H2,27,28,30,33). The Morgan fingerprint density at radius 3 is 2.67 bits per heavy atom. The molecule has 33 heavy (non-hydrogen) atoms. The maximum atomic E-state index is 12.8. The van der Waals surface area contributed by atoms with E-state index in [0.717, 1.165) is 36.8 Å². The zero-order valence-corrected chi connectivity index (χ0v) is 20.9. The van der Waals surface area contributed by atoms with Gasteiger partial charge in [0.15, 0.2) is 5.11 Å². The van der Waals surface area contributed by atoms with E-state index < -0.39 is 0 Å². The van der Waals surface area contributed by atoms with Gasteiger partial charge in [0.1, 0.15) is 5.75 Å². The molecule has 1 aliphatic rings. The average Bonchev–Trinajstić information content (AvgIpc) is 3.32. The first-order chi connectivity index (χ1) is 16.0. The van der Waals surface area contributed by atoms with Crippen LogP contribution in [0, 0.1) is 0 Å². The van der Waals surface area contributed by atoms with Crippen LogP contribution in [0.1, 0.15) is 53.3 Å². The molecule has 0 saturated carbocycles. The number of ether oxygens (including phenoxy) is 2. The second-order valence-electron chi connectivity index (χ2n) is 7.67. The highest BCUT2D eigenvalue weighted by Crippen LogP contribution is 2.23. The van der Waals surface area contributed by atoms with Crippen LogP contribution in [0.2, 0.25) is 0 Å². The van der Waals surface area contributed by atoms with Crippen LogP contribution in [-0.4, -0.2) is 42.8 Å². The van der Waals surface area contributed by atoms with E-state index in [0.29, 0.717) is 35.7 Å². The third-order valence-electron chi connectivity index (χ3n) is 5.09. The summed E-state index contributed by atoms with van der Waals surface area (Å²) in [5.74, 6) is -0.0195. The van der Waals surface area contributed by atoms with E-state index in [1.165, 1.54) is 0 Å². The van der Waals surface area contributed by atoms with Crippen molar-refractivity contribution in [2.75, 3.05) is 25.1 Å². The summed E-state index contributed by atoms with van der Waals surface area (Å²) in [6, 6.07) is 12.1. The van der Waals surface area contributed by atoms with Crippen molar-refractivity contribution in [3.05, 3.63) is 58.1 Å². The molecule has 0 radical (unpaired) electrons. The molecule has 0 spiro atoms. The van der Waals surface area contributed by atoms with Gasteiger partial charge in [-0.1, -0.05) is 29.3 Å². The van der Waals surface area contributed by atoms with Crippen molar-refractivity contribution >= 4 is 50.8 Å². The van der Waals surface area contributed by atoms with E-state index in [1.54, 1.807) is 36.4 Å². The molecule has 3 rings (SSSR count). The molecule has 1 aliphatic heterocycles. The number of carbonyl (C=O) groups excluding carboxylic acids is 2. The third-order valence-corrected chi connectivity index (χ3v) is 5.79. The van der Waals surface area contributed by atoms with Crippen LogP contribution in [0.5, 0.6) is 5.75 Å². The van der Waals surface area contributed by atoms with Crippen LogP contribution < -0.4 is 20.7 Å². The fourth-order valence-electron chi connectivity index (χ4n) is 3.28. The van der Waals surface area contributed by atoms with Crippen LogP contribution in [0.3, 0.4) is 0 Å². The van der Waals surface area contributed by atoms with Crippen molar-refractivity contribution in [1.29, 1.82) is 0 Å². The summed E-state index contributed by atoms with van der Waals surface area (Å²) in [6.07, 6.45) is 4.00. The van der Waals surface area contributed by atoms with Crippen molar-refractivity contribution in [2.24, 2.45) is 0 Å². The summed E-state index contributed by atoms with van der Waals surface area (Å²) < 4.78 is 12.0. The van der Waals surface area contributed by atoms with E-state index in [1.807, 2.05) is 6.07 Å². The molecule has 1 unspecified atom stereocenters. The number of thiocarbonyl (C=S) groups is 1. The topological polar surface area (TPSA) is 88.7 Å². The molecule has 7 nitrogen and oxygen atoms in total. The number of rotatable bonds is 9. The Hall–Kier alpha value is -2.49. The molecular weight excluding hydrogens is 506 g/mol. The molecule has 2 aromatic carbocycles. The minimum Gasteiger partial charge on any atom is -0.493 e. The molecule has 1 atom stereocenters. The number of nitrogens with one attached hydrogen (secondary N) is 3. The maximum absolute atomic E-state index is 12.8. The second-order valence-corrected chi connectivity index (χ2v) is 9.00. The van der Waals surface area contributed by atoms with Gasteiger partial charge in [-0.3, -0.25) is 14.9 Å². The highest BCUT2D eigenvalue weighted by atomic mass is 79.9. The number of unbranched alkanes of at least 4 members (excludes halogenated alkanes) is 1. The highest BCUT2D eigenvalue weighted by Gasteiger charge is 2.17. The lowest BCUT2D eigenvalue weighted by atomic mass is 10.2. The lowest BCUT2D eigenvalue weighted by molar-refractivity contribution is 0.0857. The number of hydrogen-bond donors (Lipinski definition) is 3. The van der Waals surface area contributed by atoms with Gasteiger partial charge in [0.05, 0.1) is 18.3 Å². The van der Waals surface area contributed by atoms with Crippen LogP contribution in [0.25, 0.3) is 0 Å². The number of carbonyl (C=O) groups is 2. The first kappa shape index (κ1) is 25.1. The Balaban J connectivity index is 1.53. The van der Waals surface area contributed by atoms with Crippen molar-refractivity contribution in [2.45, 2.75) is 38.7 Å². The SMILES string of the molecule is CCCCOc1ccc(Br)cc1C(=O)NC(=S)Nc1ccc(C(=O)NCC2CCCO2)cc1. The molecule has 0 bridgehead atoms. The van der Waals surface area contributed by atoms with Gasteiger partial charge in [0.2, 0.25) is 0 Å². The molecule has 1 heterocycles. The van der Waals surface area contributed by atoms with Gasteiger partial charge < -0.3 is 20.1 Å². The normalized spacial score (nSPS) is 15.0. The zero-order chi connectivity index (χ0) is 23.6. The Bertz CT molecular complexity index is 978. The molecule has 0 aromatic heterocycles. The van der Waals surface area contributed by atoms with Gasteiger partial charge in [-0.15, -0.1) is 0 Å². The molecule has 3 N–H and O–H groups in total.